The molecule has 2 N–H and O–H groups in total. The number of ether oxygens (including phenoxy) is 2. The second-order valence-corrected chi connectivity index (χ2v) is 5.10. The zero-order chi connectivity index (χ0) is 17.4. The molecule has 0 heterocycles. The Kier molecular flexibility index (Phi) is 6.42. The molecule has 0 aliphatic heterocycles. The summed E-state index contributed by atoms with van der Waals surface area (Å²) in [5, 5.41) is 6.41. The zero-order valence-electron chi connectivity index (χ0n) is 14.1. The van der Waals surface area contributed by atoms with E-state index in [0.717, 1.165) is 11.1 Å². The highest BCUT2D eigenvalue weighted by Crippen LogP contribution is 2.27. The van der Waals surface area contributed by atoms with Gasteiger partial charge in [-0.2, -0.15) is 0 Å². The predicted octanol–water partition coefficient (Wildman–Crippen LogP) is 2.71. The molecule has 2 rings (SSSR count). The molecule has 0 bridgehead atoms. The molecule has 0 amide bonds. The first-order chi connectivity index (χ1) is 11.7. The lowest BCUT2D eigenvalue weighted by atomic mass is 10.2. The molecule has 24 heavy (non-hydrogen) atoms. The van der Waals surface area contributed by atoms with Crippen LogP contribution in [0.4, 0.5) is 4.39 Å². The lowest BCUT2D eigenvalue weighted by Crippen LogP contribution is -2.36. The lowest BCUT2D eigenvalue weighted by Gasteiger charge is -2.13. The minimum Gasteiger partial charge on any atom is -0.493 e. The zero-order valence-corrected chi connectivity index (χ0v) is 14.1. The Morgan fingerprint density at radius 2 is 1.50 bits per heavy atom. The largest absolute Gasteiger partial charge is 0.493 e. The number of halogens is 1. The summed E-state index contributed by atoms with van der Waals surface area (Å²) >= 11 is 0. The maximum Gasteiger partial charge on any atom is 0.191 e. The van der Waals surface area contributed by atoms with E-state index < -0.39 is 0 Å². The number of guanidine groups is 1. The van der Waals surface area contributed by atoms with Gasteiger partial charge in [0.2, 0.25) is 0 Å². The Morgan fingerprint density at radius 3 is 2.08 bits per heavy atom. The van der Waals surface area contributed by atoms with Crippen LogP contribution in [0.5, 0.6) is 11.5 Å². The first kappa shape index (κ1) is 17.6. The molecule has 0 radical (unpaired) electrons. The maximum atomic E-state index is 12.9. The summed E-state index contributed by atoms with van der Waals surface area (Å²) < 4.78 is 23.4. The summed E-state index contributed by atoms with van der Waals surface area (Å²) in [5.41, 5.74) is 2.02. The average Bonchev–Trinajstić information content (AvgIpc) is 2.63. The minimum absolute atomic E-state index is 0.241. The number of nitrogens with one attached hydrogen (secondary N) is 2. The molecule has 0 fully saturated rings. The van der Waals surface area contributed by atoms with Gasteiger partial charge in [0, 0.05) is 20.1 Å². The number of hydrogen-bond donors (Lipinski definition) is 2. The van der Waals surface area contributed by atoms with Crippen LogP contribution >= 0.6 is 0 Å². The van der Waals surface area contributed by atoms with Crippen LogP contribution in [0.3, 0.4) is 0 Å². The molecule has 0 aliphatic rings. The third-order valence-corrected chi connectivity index (χ3v) is 3.50. The highest BCUT2D eigenvalue weighted by molar-refractivity contribution is 5.79. The summed E-state index contributed by atoms with van der Waals surface area (Å²) in [4.78, 5) is 4.18. The van der Waals surface area contributed by atoms with Crippen LogP contribution in [-0.2, 0) is 13.1 Å². The molecule has 0 saturated carbocycles. The average molecular weight is 331 g/mol. The van der Waals surface area contributed by atoms with Gasteiger partial charge in [0.15, 0.2) is 17.5 Å². The fourth-order valence-corrected chi connectivity index (χ4v) is 2.19. The van der Waals surface area contributed by atoms with Gasteiger partial charge in [-0.25, -0.2) is 4.39 Å². The SMILES string of the molecule is CN=C(NCc1ccc(F)cc1)NCc1ccc(OC)c(OC)c1. The Labute approximate surface area is 141 Å². The van der Waals surface area contributed by atoms with Gasteiger partial charge in [-0.1, -0.05) is 18.2 Å². The van der Waals surface area contributed by atoms with Crippen LogP contribution in [0, 0.1) is 5.82 Å². The van der Waals surface area contributed by atoms with Crippen LogP contribution in [0.1, 0.15) is 11.1 Å². The molecule has 0 spiro atoms. The van der Waals surface area contributed by atoms with E-state index in [9.17, 15) is 4.39 Å². The molecule has 128 valence electrons. The van der Waals surface area contributed by atoms with Crippen molar-refractivity contribution < 1.29 is 13.9 Å². The number of aliphatic imine (C=N–C) groups is 1. The Morgan fingerprint density at radius 1 is 0.917 bits per heavy atom. The van der Waals surface area contributed by atoms with Crippen LogP contribution in [-0.4, -0.2) is 27.2 Å². The van der Waals surface area contributed by atoms with E-state index in [2.05, 4.69) is 15.6 Å². The van der Waals surface area contributed by atoms with E-state index in [1.807, 2.05) is 18.2 Å². The fourth-order valence-electron chi connectivity index (χ4n) is 2.19. The maximum absolute atomic E-state index is 12.9. The normalized spacial score (nSPS) is 11.1. The quantitative estimate of drug-likeness (QED) is 0.631. The molecular weight excluding hydrogens is 309 g/mol. The lowest BCUT2D eigenvalue weighted by molar-refractivity contribution is 0.354. The molecule has 0 atom stereocenters. The predicted molar refractivity (Wildman–Crippen MR) is 93.0 cm³/mol. The van der Waals surface area contributed by atoms with Crippen LogP contribution in [0.25, 0.3) is 0 Å². The first-order valence-electron chi connectivity index (χ1n) is 7.56. The summed E-state index contributed by atoms with van der Waals surface area (Å²) in [5.74, 6) is 1.80. The molecular formula is C18H22FN3O2. The molecule has 0 aromatic heterocycles. The molecule has 0 unspecified atom stereocenters. The van der Waals surface area contributed by atoms with Crippen molar-refractivity contribution in [3.8, 4) is 11.5 Å². The van der Waals surface area contributed by atoms with Crippen molar-refractivity contribution in [2.24, 2.45) is 4.99 Å². The highest BCUT2D eigenvalue weighted by atomic mass is 19.1. The van der Waals surface area contributed by atoms with Gasteiger partial charge in [-0.05, 0) is 35.4 Å². The smallest absolute Gasteiger partial charge is 0.191 e. The summed E-state index contributed by atoms with van der Waals surface area (Å²) in [6.45, 7) is 1.15. The Balaban J connectivity index is 1.90. The number of benzene rings is 2. The van der Waals surface area contributed by atoms with Gasteiger partial charge < -0.3 is 20.1 Å². The van der Waals surface area contributed by atoms with Gasteiger partial charge in [0.25, 0.3) is 0 Å². The van der Waals surface area contributed by atoms with Crippen molar-refractivity contribution in [1.82, 2.24) is 10.6 Å². The number of rotatable bonds is 6. The minimum atomic E-state index is -0.241. The number of hydrogen-bond acceptors (Lipinski definition) is 3. The van der Waals surface area contributed by atoms with Crippen LogP contribution in [0.15, 0.2) is 47.5 Å². The third kappa shape index (κ3) is 4.87. The molecule has 0 aliphatic carbocycles. The Bertz CT molecular complexity index is 687. The van der Waals surface area contributed by atoms with Crippen molar-refractivity contribution in [1.29, 1.82) is 0 Å². The van der Waals surface area contributed by atoms with Crippen molar-refractivity contribution >= 4 is 5.96 Å². The second kappa shape index (κ2) is 8.76. The van der Waals surface area contributed by atoms with Gasteiger partial charge in [-0.15, -0.1) is 0 Å². The summed E-state index contributed by atoms with van der Waals surface area (Å²) in [6.07, 6.45) is 0. The van der Waals surface area contributed by atoms with Crippen molar-refractivity contribution in [2.45, 2.75) is 13.1 Å². The van der Waals surface area contributed by atoms with Crippen molar-refractivity contribution in [3.63, 3.8) is 0 Å². The second-order valence-electron chi connectivity index (χ2n) is 5.10. The van der Waals surface area contributed by atoms with Crippen LogP contribution in [0.2, 0.25) is 0 Å². The molecule has 5 nitrogen and oxygen atoms in total. The third-order valence-electron chi connectivity index (χ3n) is 3.50. The number of nitrogens with zero attached hydrogens (tertiary/aromatic N) is 1. The van der Waals surface area contributed by atoms with E-state index >= 15 is 0 Å². The van der Waals surface area contributed by atoms with Gasteiger partial charge in [-0.3, -0.25) is 4.99 Å². The van der Waals surface area contributed by atoms with Gasteiger partial charge in [0.1, 0.15) is 5.82 Å². The van der Waals surface area contributed by atoms with Crippen molar-refractivity contribution in [3.05, 3.63) is 59.4 Å². The van der Waals surface area contributed by atoms with Gasteiger partial charge in [0.05, 0.1) is 14.2 Å². The highest BCUT2D eigenvalue weighted by Gasteiger charge is 2.05. The molecule has 6 heteroatoms. The van der Waals surface area contributed by atoms with E-state index in [4.69, 9.17) is 9.47 Å². The van der Waals surface area contributed by atoms with E-state index in [0.29, 0.717) is 30.5 Å². The van der Waals surface area contributed by atoms with E-state index in [1.54, 1.807) is 33.4 Å². The summed E-state index contributed by atoms with van der Waals surface area (Å²) in [7, 11) is 4.92. The molecule has 2 aromatic carbocycles. The van der Waals surface area contributed by atoms with Crippen molar-refractivity contribution in [2.75, 3.05) is 21.3 Å². The van der Waals surface area contributed by atoms with E-state index in [-0.39, 0.29) is 5.82 Å². The Hall–Kier alpha value is -2.76. The molecule has 0 saturated heterocycles. The topological polar surface area (TPSA) is 54.9 Å². The fraction of sp³-hybridized carbons (Fsp3) is 0.278. The standard InChI is InChI=1S/C18H22FN3O2/c1-20-18(21-11-13-4-7-15(19)8-5-13)22-12-14-6-9-16(23-2)17(10-14)24-3/h4-10H,11-12H2,1-3H3,(H2,20,21,22). The van der Waals surface area contributed by atoms with Crippen LogP contribution < -0.4 is 20.1 Å². The summed E-state index contributed by atoms with van der Waals surface area (Å²) in [6, 6.07) is 12.1. The first-order valence-corrected chi connectivity index (χ1v) is 7.56. The van der Waals surface area contributed by atoms with E-state index in [1.165, 1.54) is 12.1 Å². The van der Waals surface area contributed by atoms with Gasteiger partial charge >= 0.3 is 0 Å². The molecule has 2 aromatic rings. The number of methoxy groups -OCH3 is 2. The monoisotopic (exact) mass is 331 g/mol.